The van der Waals surface area contributed by atoms with E-state index in [2.05, 4.69) is 10.2 Å². The van der Waals surface area contributed by atoms with Crippen molar-refractivity contribution >= 4 is 11.9 Å². The molecule has 0 atom stereocenters. The molecule has 1 aliphatic rings. The van der Waals surface area contributed by atoms with Crippen LogP contribution in [0.1, 0.15) is 33.1 Å². The lowest BCUT2D eigenvalue weighted by molar-refractivity contribution is -0.140. The molecule has 1 heterocycles. The SMILES string of the molecule is CC(C)(C(=O)NCC(=O)O)N1CCCCC1. The van der Waals surface area contributed by atoms with Gasteiger partial charge in [0, 0.05) is 0 Å². The highest BCUT2D eigenvalue weighted by molar-refractivity contribution is 5.88. The molecule has 2 N–H and O–H groups in total. The summed E-state index contributed by atoms with van der Waals surface area (Å²) in [4.78, 5) is 24.3. The predicted octanol–water partition coefficient (Wildman–Crippen LogP) is 0.452. The van der Waals surface area contributed by atoms with Crippen LogP contribution in [-0.4, -0.2) is 47.1 Å². The third-order valence-electron chi connectivity index (χ3n) is 3.10. The fourth-order valence-electron chi connectivity index (χ4n) is 1.97. The minimum atomic E-state index is -1.01. The molecule has 0 aromatic rings. The van der Waals surface area contributed by atoms with Crippen LogP contribution >= 0.6 is 0 Å². The van der Waals surface area contributed by atoms with E-state index in [1.165, 1.54) is 6.42 Å². The Labute approximate surface area is 95.8 Å². The second-order valence-electron chi connectivity index (χ2n) is 4.68. The Hall–Kier alpha value is -1.10. The molecule has 0 radical (unpaired) electrons. The van der Waals surface area contributed by atoms with Crippen molar-refractivity contribution in [1.82, 2.24) is 10.2 Å². The van der Waals surface area contributed by atoms with E-state index in [0.717, 1.165) is 25.9 Å². The second-order valence-corrected chi connectivity index (χ2v) is 4.68. The average molecular weight is 228 g/mol. The van der Waals surface area contributed by atoms with Crippen molar-refractivity contribution in [1.29, 1.82) is 0 Å². The summed E-state index contributed by atoms with van der Waals surface area (Å²) < 4.78 is 0. The number of piperidine rings is 1. The lowest BCUT2D eigenvalue weighted by Gasteiger charge is -2.39. The highest BCUT2D eigenvalue weighted by atomic mass is 16.4. The number of aliphatic carboxylic acids is 1. The van der Waals surface area contributed by atoms with Crippen LogP contribution in [0, 0.1) is 0 Å². The van der Waals surface area contributed by atoms with E-state index in [0.29, 0.717) is 0 Å². The number of rotatable bonds is 4. The Kier molecular flexibility index (Phi) is 4.29. The summed E-state index contributed by atoms with van der Waals surface area (Å²) in [6.07, 6.45) is 3.43. The number of carboxylic acids is 1. The number of carbonyl (C=O) groups is 2. The topological polar surface area (TPSA) is 69.6 Å². The highest BCUT2D eigenvalue weighted by Crippen LogP contribution is 2.20. The first kappa shape index (κ1) is 13.0. The molecule has 0 aromatic carbocycles. The fourth-order valence-corrected chi connectivity index (χ4v) is 1.97. The van der Waals surface area contributed by atoms with E-state index in [4.69, 9.17) is 5.11 Å². The smallest absolute Gasteiger partial charge is 0.322 e. The third-order valence-corrected chi connectivity index (χ3v) is 3.10. The van der Waals surface area contributed by atoms with Crippen LogP contribution < -0.4 is 5.32 Å². The zero-order valence-electron chi connectivity index (χ0n) is 9.95. The van der Waals surface area contributed by atoms with Crippen LogP contribution in [0.4, 0.5) is 0 Å². The fraction of sp³-hybridized carbons (Fsp3) is 0.818. The summed E-state index contributed by atoms with van der Waals surface area (Å²) in [5, 5.41) is 10.9. The first-order valence-corrected chi connectivity index (χ1v) is 5.70. The Balaban J connectivity index is 2.53. The Morgan fingerprint density at radius 3 is 2.31 bits per heavy atom. The lowest BCUT2D eigenvalue weighted by Crippen LogP contribution is -2.56. The van der Waals surface area contributed by atoms with Gasteiger partial charge in [-0.1, -0.05) is 6.42 Å². The third kappa shape index (κ3) is 3.20. The first-order valence-electron chi connectivity index (χ1n) is 5.70. The van der Waals surface area contributed by atoms with Gasteiger partial charge in [0.1, 0.15) is 6.54 Å². The van der Waals surface area contributed by atoms with Gasteiger partial charge in [-0.3, -0.25) is 14.5 Å². The van der Waals surface area contributed by atoms with Crippen molar-refractivity contribution < 1.29 is 14.7 Å². The van der Waals surface area contributed by atoms with Crippen molar-refractivity contribution in [3.8, 4) is 0 Å². The minimum absolute atomic E-state index is 0.211. The standard InChI is InChI=1S/C11H20N2O3/c1-11(2,10(16)12-8-9(14)15)13-6-4-3-5-7-13/h3-8H2,1-2H3,(H,12,16)(H,14,15). The van der Waals surface area contributed by atoms with Gasteiger partial charge < -0.3 is 10.4 Å². The molecule has 1 amide bonds. The van der Waals surface area contributed by atoms with E-state index >= 15 is 0 Å². The van der Waals surface area contributed by atoms with Crippen LogP contribution in [0.25, 0.3) is 0 Å². The van der Waals surface area contributed by atoms with Gasteiger partial charge in [-0.2, -0.15) is 0 Å². The largest absolute Gasteiger partial charge is 0.480 e. The summed E-state index contributed by atoms with van der Waals surface area (Å²) in [7, 11) is 0. The first-order chi connectivity index (χ1) is 7.44. The van der Waals surface area contributed by atoms with Crippen molar-refractivity contribution in [3.05, 3.63) is 0 Å². The van der Waals surface area contributed by atoms with Gasteiger partial charge >= 0.3 is 5.97 Å². The number of carboxylic acid groups (broad SMARTS) is 1. The van der Waals surface area contributed by atoms with Crippen LogP contribution in [0.3, 0.4) is 0 Å². The highest BCUT2D eigenvalue weighted by Gasteiger charge is 2.34. The Bertz CT molecular complexity index is 270. The van der Waals surface area contributed by atoms with E-state index in [-0.39, 0.29) is 12.5 Å². The van der Waals surface area contributed by atoms with Crippen LogP contribution in [0.5, 0.6) is 0 Å². The molecule has 0 spiro atoms. The van der Waals surface area contributed by atoms with Crippen molar-refractivity contribution in [2.45, 2.75) is 38.6 Å². The zero-order chi connectivity index (χ0) is 12.2. The maximum atomic E-state index is 11.9. The predicted molar refractivity (Wildman–Crippen MR) is 60.1 cm³/mol. The number of likely N-dealkylation sites (tertiary alicyclic amines) is 1. The number of hydrogen-bond acceptors (Lipinski definition) is 3. The molecule has 1 fully saturated rings. The van der Waals surface area contributed by atoms with E-state index in [1.54, 1.807) is 0 Å². The molecule has 1 saturated heterocycles. The van der Waals surface area contributed by atoms with Gasteiger partial charge in [0.25, 0.3) is 0 Å². The van der Waals surface area contributed by atoms with Gasteiger partial charge in [0.2, 0.25) is 5.91 Å². The molecule has 0 aliphatic carbocycles. The van der Waals surface area contributed by atoms with Crippen LogP contribution in [0.15, 0.2) is 0 Å². The molecule has 0 unspecified atom stereocenters. The Morgan fingerprint density at radius 2 is 1.81 bits per heavy atom. The van der Waals surface area contributed by atoms with E-state index < -0.39 is 11.5 Å². The van der Waals surface area contributed by atoms with Crippen LogP contribution in [-0.2, 0) is 9.59 Å². The average Bonchev–Trinajstić information content (AvgIpc) is 2.27. The van der Waals surface area contributed by atoms with Gasteiger partial charge in [-0.05, 0) is 39.8 Å². The molecule has 0 aromatic heterocycles. The number of carbonyl (C=O) groups excluding carboxylic acids is 1. The molecule has 0 saturated carbocycles. The molecule has 16 heavy (non-hydrogen) atoms. The number of nitrogens with one attached hydrogen (secondary N) is 1. The number of amides is 1. The van der Waals surface area contributed by atoms with Crippen molar-refractivity contribution in [3.63, 3.8) is 0 Å². The molecule has 5 heteroatoms. The van der Waals surface area contributed by atoms with Crippen molar-refractivity contribution in [2.75, 3.05) is 19.6 Å². The summed E-state index contributed by atoms with van der Waals surface area (Å²) in [6.45, 7) is 5.20. The van der Waals surface area contributed by atoms with Gasteiger partial charge in [-0.25, -0.2) is 0 Å². The molecule has 1 rings (SSSR count). The minimum Gasteiger partial charge on any atom is -0.480 e. The monoisotopic (exact) mass is 228 g/mol. The zero-order valence-corrected chi connectivity index (χ0v) is 9.95. The number of hydrogen-bond donors (Lipinski definition) is 2. The summed E-state index contributed by atoms with van der Waals surface area (Å²) >= 11 is 0. The van der Waals surface area contributed by atoms with Crippen LogP contribution in [0.2, 0.25) is 0 Å². The lowest BCUT2D eigenvalue weighted by atomic mass is 9.97. The Morgan fingerprint density at radius 1 is 1.25 bits per heavy atom. The summed E-state index contributed by atoms with van der Waals surface area (Å²) in [6, 6.07) is 0. The molecule has 0 bridgehead atoms. The second kappa shape index (κ2) is 5.30. The molecular formula is C11H20N2O3. The van der Waals surface area contributed by atoms with Gasteiger partial charge in [0.15, 0.2) is 0 Å². The number of nitrogens with zero attached hydrogens (tertiary/aromatic N) is 1. The summed E-state index contributed by atoms with van der Waals surface area (Å²) in [5.41, 5.74) is -0.615. The molecule has 92 valence electrons. The van der Waals surface area contributed by atoms with E-state index in [9.17, 15) is 9.59 Å². The van der Waals surface area contributed by atoms with Crippen molar-refractivity contribution in [2.24, 2.45) is 0 Å². The quantitative estimate of drug-likeness (QED) is 0.733. The molecule has 5 nitrogen and oxygen atoms in total. The molecule has 1 aliphatic heterocycles. The summed E-state index contributed by atoms with van der Waals surface area (Å²) in [5.74, 6) is -1.22. The normalized spacial score (nSPS) is 18.1. The molecular weight excluding hydrogens is 208 g/mol. The maximum Gasteiger partial charge on any atom is 0.322 e. The van der Waals surface area contributed by atoms with E-state index in [1.807, 2.05) is 13.8 Å². The van der Waals surface area contributed by atoms with Gasteiger partial charge in [-0.15, -0.1) is 0 Å². The maximum absolute atomic E-state index is 11.9. The van der Waals surface area contributed by atoms with Gasteiger partial charge in [0.05, 0.1) is 5.54 Å².